The first kappa shape index (κ1) is 11.6. The molecule has 0 aliphatic rings. The zero-order valence-electron chi connectivity index (χ0n) is 10.3. The van der Waals surface area contributed by atoms with Crippen LogP contribution in [0, 0.1) is 0 Å². The quantitative estimate of drug-likeness (QED) is 0.858. The van der Waals surface area contributed by atoms with Crippen LogP contribution in [0.3, 0.4) is 0 Å². The third-order valence-electron chi connectivity index (χ3n) is 2.53. The highest BCUT2D eigenvalue weighted by molar-refractivity contribution is 5.40. The Hall–Kier alpha value is -1.84. The number of aryl methyl sites for hydroxylation is 1. The molecule has 17 heavy (non-hydrogen) atoms. The van der Waals surface area contributed by atoms with Gasteiger partial charge in [0.2, 0.25) is 0 Å². The van der Waals surface area contributed by atoms with Gasteiger partial charge in [-0.1, -0.05) is 13.0 Å². The third-order valence-corrected chi connectivity index (χ3v) is 2.53. The normalized spacial score (nSPS) is 10.5. The van der Waals surface area contributed by atoms with E-state index >= 15 is 0 Å². The fourth-order valence-corrected chi connectivity index (χ4v) is 1.79. The third kappa shape index (κ3) is 2.64. The van der Waals surface area contributed by atoms with E-state index in [1.807, 2.05) is 35.2 Å². The summed E-state index contributed by atoms with van der Waals surface area (Å²) in [7, 11) is 0. The van der Waals surface area contributed by atoms with Crippen molar-refractivity contribution in [3.63, 3.8) is 0 Å². The Bertz CT molecular complexity index is 476. The summed E-state index contributed by atoms with van der Waals surface area (Å²) in [5.41, 5.74) is 0. The van der Waals surface area contributed by atoms with Crippen LogP contribution in [0.5, 0.6) is 0 Å². The monoisotopic (exact) mass is 230 g/mol. The summed E-state index contributed by atoms with van der Waals surface area (Å²) in [5, 5.41) is 3.22. The van der Waals surface area contributed by atoms with Crippen molar-refractivity contribution in [1.82, 2.24) is 14.5 Å². The van der Waals surface area contributed by atoms with E-state index in [2.05, 4.69) is 29.1 Å². The van der Waals surface area contributed by atoms with Gasteiger partial charge in [0, 0.05) is 25.4 Å². The molecular formula is C13H18N4. The molecule has 4 nitrogen and oxygen atoms in total. The van der Waals surface area contributed by atoms with E-state index in [4.69, 9.17) is 0 Å². The summed E-state index contributed by atoms with van der Waals surface area (Å²) in [5.74, 6) is 2.89. The average molecular weight is 230 g/mol. The number of pyridine rings is 1. The lowest BCUT2D eigenvalue weighted by molar-refractivity contribution is 0.798. The lowest BCUT2D eigenvalue weighted by Crippen LogP contribution is -2.05. The number of imidazole rings is 1. The predicted octanol–water partition coefficient (Wildman–Crippen LogP) is 2.65. The molecule has 0 radical (unpaired) electrons. The molecule has 90 valence electrons. The Balaban J connectivity index is 2.31. The van der Waals surface area contributed by atoms with E-state index in [1.165, 1.54) is 0 Å². The van der Waals surface area contributed by atoms with Crippen molar-refractivity contribution in [3.05, 3.63) is 36.4 Å². The van der Waals surface area contributed by atoms with Gasteiger partial charge >= 0.3 is 0 Å². The molecule has 0 saturated carbocycles. The largest absolute Gasteiger partial charge is 0.370 e. The van der Waals surface area contributed by atoms with Gasteiger partial charge in [-0.2, -0.15) is 0 Å². The van der Waals surface area contributed by atoms with Gasteiger partial charge in [-0.05, 0) is 25.5 Å². The standard InChI is InChI=1S/C13H18N4/c1-3-6-12-15-9-10-17(12)13-8-5-7-11(16-13)14-4-2/h5,7-10H,3-4,6H2,1-2H3,(H,14,16). The minimum atomic E-state index is 0.877. The van der Waals surface area contributed by atoms with Crippen LogP contribution in [-0.4, -0.2) is 21.1 Å². The molecule has 0 spiro atoms. The average Bonchev–Trinajstić information content (AvgIpc) is 2.79. The van der Waals surface area contributed by atoms with Gasteiger partial charge in [0.1, 0.15) is 17.5 Å². The SMILES string of the molecule is CCCc1nccn1-c1cccc(NCC)n1. The van der Waals surface area contributed by atoms with Gasteiger partial charge in [-0.15, -0.1) is 0 Å². The number of nitrogens with one attached hydrogen (secondary N) is 1. The number of anilines is 1. The molecule has 0 aliphatic heterocycles. The van der Waals surface area contributed by atoms with Crippen LogP contribution < -0.4 is 5.32 Å². The van der Waals surface area contributed by atoms with Gasteiger partial charge in [0.25, 0.3) is 0 Å². The molecule has 0 fully saturated rings. The lowest BCUT2D eigenvalue weighted by Gasteiger charge is -2.08. The van der Waals surface area contributed by atoms with Crippen LogP contribution in [0.15, 0.2) is 30.6 Å². The van der Waals surface area contributed by atoms with Crippen molar-refractivity contribution in [3.8, 4) is 5.82 Å². The van der Waals surface area contributed by atoms with E-state index in [0.29, 0.717) is 0 Å². The zero-order valence-corrected chi connectivity index (χ0v) is 10.3. The molecule has 0 unspecified atom stereocenters. The topological polar surface area (TPSA) is 42.7 Å². The molecule has 2 aromatic heterocycles. The molecule has 2 aromatic rings. The first-order chi connectivity index (χ1) is 8.35. The van der Waals surface area contributed by atoms with E-state index in [1.54, 1.807) is 0 Å². The molecule has 0 bridgehead atoms. The first-order valence-electron chi connectivity index (χ1n) is 6.08. The van der Waals surface area contributed by atoms with E-state index in [-0.39, 0.29) is 0 Å². The molecule has 0 aliphatic carbocycles. The van der Waals surface area contributed by atoms with Crippen LogP contribution in [0.2, 0.25) is 0 Å². The highest BCUT2D eigenvalue weighted by atomic mass is 15.1. The molecule has 2 heterocycles. The van der Waals surface area contributed by atoms with Crippen molar-refractivity contribution >= 4 is 5.82 Å². The fraction of sp³-hybridized carbons (Fsp3) is 0.385. The van der Waals surface area contributed by atoms with Crippen LogP contribution in [0.4, 0.5) is 5.82 Å². The first-order valence-corrected chi connectivity index (χ1v) is 6.08. The van der Waals surface area contributed by atoms with Crippen molar-refractivity contribution in [2.24, 2.45) is 0 Å². The predicted molar refractivity (Wildman–Crippen MR) is 69.5 cm³/mol. The van der Waals surface area contributed by atoms with Crippen LogP contribution in [-0.2, 0) is 6.42 Å². The molecule has 1 N–H and O–H groups in total. The van der Waals surface area contributed by atoms with Crippen molar-refractivity contribution < 1.29 is 0 Å². The van der Waals surface area contributed by atoms with Crippen LogP contribution in [0.25, 0.3) is 5.82 Å². The van der Waals surface area contributed by atoms with Crippen LogP contribution in [0.1, 0.15) is 26.1 Å². The number of aromatic nitrogens is 3. The van der Waals surface area contributed by atoms with Gasteiger partial charge in [0.15, 0.2) is 0 Å². The minimum absolute atomic E-state index is 0.877. The van der Waals surface area contributed by atoms with Gasteiger partial charge in [-0.25, -0.2) is 9.97 Å². The zero-order chi connectivity index (χ0) is 12.1. The number of hydrogen-bond donors (Lipinski definition) is 1. The second-order valence-corrected chi connectivity index (χ2v) is 3.87. The molecule has 0 amide bonds. The van der Waals surface area contributed by atoms with E-state index in [9.17, 15) is 0 Å². The molecular weight excluding hydrogens is 212 g/mol. The summed E-state index contributed by atoms with van der Waals surface area (Å²) in [4.78, 5) is 8.92. The lowest BCUT2D eigenvalue weighted by atomic mass is 10.3. The highest BCUT2D eigenvalue weighted by Gasteiger charge is 2.05. The molecule has 0 saturated heterocycles. The number of hydrogen-bond acceptors (Lipinski definition) is 3. The van der Waals surface area contributed by atoms with Crippen molar-refractivity contribution in [2.45, 2.75) is 26.7 Å². The molecule has 2 rings (SSSR count). The van der Waals surface area contributed by atoms with Gasteiger partial charge < -0.3 is 5.32 Å². The van der Waals surface area contributed by atoms with E-state index < -0.39 is 0 Å². The maximum atomic E-state index is 4.56. The Morgan fingerprint density at radius 3 is 2.94 bits per heavy atom. The molecule has 0 aromatic carbocycles. The fourth-order valence-electron chi connectivity index (χ4n) is 1.79. The number of rotatable bonds is 5. The summed E-state index contributed by atoms with van der Waals surface area (Å²) in [6.07, 6.45) is 5.85. The summed E-state index contributed by atoms with van der Waals surface area (Å²) in [6.45, 7) is 5.10. The number of nitrogens with zero attached hydrogens (tertiary/aromatic N) is 3. The van der Waals surface area contributed by atoms with Gasteiger partial charge in [0.05, 0.1) is 0 Å². The molecule has 4 heteroatoms. The molecule has 0 atom stereocenters. The Kier molecular flexibility index (Phi) is 3.75. The summed E-state index contributed by atoms with van der Waals surface area (Å²) in [6, 6.07) is 5.99. The summed E-state index contributed by atoms with van der Waals surface area (Å²) >= 11 is 0. The second kappa shape index (κ2) is 5.48. The van der Waals surface area contributed by atoms with E-state index in [0.717, 1.165) is 36.8 Å². The smallest absolute Gasteiger partial charge is 0.140 e. The van der Waals surface area contributed by atoms with Crippen molar-refractivity contribution in [1.29, 1.82) is 0 Å². The van der Waals surface area contributed by atoms with Crippen molar-refractivity contribution in [2.75, 3.05) is 11.9 Å². The second-order valence-electron chi connectivity index (χ2n) is 3.87. The minimum Gasteiger partial charge on any atom is -0.370 e. The summed E-state index contributed by atoms with van der Waals surface area (Å²) < 4.78 is 2.05. The highest BCUT2D eigenvalue weighted by Crippen LogP contribution is 2.12. The van der Waals surface area contributed by atoms with Crippen LogP contribution >= 0.6 is 0 Å². The Morgan fingerprint density at radius 2 is 2.18 bits per heavy atom. The van der Waals surface area contributed by atoms with Gasteiger partial charge in [-0.3, -0.25) is 4.57 Å². The Morgan fingerprint density at radius 1 is 1.29 bits per heavy atom. The maximum Gasteiger partial charge on any atom is 0.140 e. The Labute approximate surface area is 102 Å². The maximum absolute atomic E-state index is 4.56.